The quantitative estimate of drug-likeness (QED) is 0.771. The van der Waals surface area contributed by atoms with Crippen LogP contribution in [0.4, 0.5) is 11.4 Å². The predicted molar refractivity (Wildman–Crippen MR) is 102 cm³/mol. The molecule has 0 aliphatic rings. The average Bonchev–Trinajstić information content (AvgIpc) is 2.60. The molecule has 6 nitrogen and oxygen atoms in total. The standard InChI is InChI=1S/C20H24N2O4/c1-14(2)26-20(24)15-5-11-18(12-6-15)25-13-19(23)21-16-7-9-17(10-8-16)22(3)4/h5-12,14H,13H2,1-4H3,(H,21,23). The van der Waals surface area contributed by atoms with Crippen LogP contribution < -0.4 is 15.0 Å². The van der Waals surface area contributed by atoms with E-state index in [0.717, 1.165) is 5.69 Å². The molecule has 1 amide bonds. The fourth-order valence-electron chi connectivity index (χ4n) is 2.16. The number of carbonyl (C=O) groups is 2. The van der Waals surface area contributed by atoms with E-state index in [-0.39, 0.29) is 24.6 Å². The maximum absolute atomic E-state index is 12.0. The summed E-state index contributed by atoms with van der Waals surface area (Å²) in [6.07, 6.45) is -0.172. The Kier molecular flexibility index (Phi) is 6.60. The van der Waals surface area contributed by atoms with E-state index in [1.54, 1.807) is 38.1 Å². The monoisotopic (exact) mass is 356 g/mol. The summed E-state index contributed by atoms with van der Waals surface area (Å²) in [5, 5.41) is 2.77. The van der Waals surface area contributed by atoms with Crippen molar-refractivity contribution in [1.29, 1.82) is 0 Å². The van der Waals surface area contributed by atoms with Gasteiger partial charge >= 0.3 is 5.97 Å². The highest BCUT2D eigenvalue weighted by Crippen LogP contribution is 2.16. The average molecular weight is 356 g/mol. The van der Waals surface area contributed by atoms with Crippen molar-refractivity contribution in [3.8, 4) is 5.75 Å². The number of ether oxygens (including phenoxy) is 2. The number of rotatable bonds is 7. The molecule has 0 heterocycles. The summed E-state index contributed by atoms with van der Waals surface area (Å²) in [6, 6.07) is 14.0. The van der Waals surface area contributed by atoms with Crippen LogP contribution in [0.5, 0.6) is 5.75 Å². The van der Waals surface area contributed by atoms with E-state index in [0.29, 0.717) is 17.0 Å². The second-order valence-corrected chi connectivity index (χ2v) is 6.26. The van der Waals surface area contributed by atoms with E-state index in [4.69, 9.17) is 9.47 Å². The third-order valence-electron chi connectivity index (χ3n) is 3.47. The van der Waals surface area contributed by atoms with Crippen LogP contribution in [0, 0.1) is 0 Å². The Balaban J connectivity index is 1.84. The van der Waals surface area contributed by atoms with Gasteiger partial charge in [-0.1, -0.05) is 0 Å². The maximum atomic E-state index is 12.0. The van der Waals surface area contributed by atoms with Gasteiger partial charge in [0.2, 0.25) is 0 Å². The van der Waals surface area contributed by atoms with Crippen molar-refractivity contribution >= 4 is 23.3 Å². The molecule has 0 bridgehead atoms. The summed E-state index contributed by atoms with van der Waals surface area (Å²) < 4.78 is 10.6. The molecule has 0 saturated carbocycles. The number of hydrogen-bond acceptors (Lipinski definition) is 5. The van der Waals surface area contributed by atoms with E-state index < -0.39 is 0 Å². The van der Waals surface area contributed by atoms with Crippen LogP contribution in [-0.4, -0.2) is 38.7 Å². The molecule has 2 rings (SSSR count). The minimum absolute atomic E-state index is 0.120. The number of anilines is 2. The first-order valence-electron chi connectivity index (χ1n) is 8.36. The van der Waals surface area contributed by atoms with Crippen molar-refractivity contribution < 1.29 is 19.1 Å². The Labute approximate surface area is 153 Å². The molecule has 0 atom stereocenters. The third kappa shape index (κ3) is 5.81. The first-order valence-corrected chi connectivity index (χ1v) is 8.36. The number of amides is 1. The molecule has 6 heteroatoms. The molecule has 0 aliphatic carbocycles. The van der Waals surface area contributed by atoms with E-state index in [9.17, 15) is 9.59 Å². The fraction of sp³-hybridized carbons (Fsp3) is 0.300. The van der Waals surface area contributed by atoms with Crippen molar-refractivity contribution in [1.82, 2.24) is 0 Å². The Morgan fingerprint density at radius 3 is 2.15 bits per heavy atom. The Morgan fingerprint density at radius 2 is 1.62 bits per heavy atom. The van der Waals surface area contributed by atoms with Gasteiger partial charge in [0.15, 0.2) is 6.61 Å². The highest BCUT2D eigenvalue weighted by molar-refractivity contribution is 5.92. The molecule has 2 aromatic carbocycles. The van der Waals surface area contributed by atoms with Crippen molar-refractivity contribution in [2.45, 2.75) is 20.0 Å². The van der Waals surface area contributed by atoms with Crippen molar-refractivity contribution in [2.75, 3.05) is 30.9 Å². The van der Waals surface area contributed by atoms with Gasteiger partial charge in [-0.05, 0) is 62.4 Å². The van der Waals surface area contributed by atoms with Crippen molar-refractivity contribution in [2.24, 2.45) is 0 Å². The lowest BCUT2D eigenvalue weighted by Crippen LogP contribution is -2.20. The molecule has 2 aromatic rings. The lowest BCUT2D eigenvalue weighted by molar-refractivity contribution is -0.118. The first-order chi connectivity index (χ1) is 12.3. The van der Waals surface area contributed by atoms with Crippen LogP contribution in [0.1, 0.15) is 24.2 Å². The number of nitrogens with zero attached hydrogens (tertiary/aromatic N) is 1. The molecule has 0 radical (unpaired) electrons. The number of nitrogens with one attached hydrogen (secondary N) is 1. The number of esters is 1. The van der Waals surface area contributed by atoms with Gasteiger partial charge in [0.25, 0.3) is 5.91 Å². The zero-order valence-corrected chi connectivity index (χ0v) is 15.5. The van der Waals surface area contributed by atoms with Crippen LogP contribution in [0.15, 0.2) is 48.5 Å². The summed E-state index contributed by atoms with van der Waals surface area (Å²) in [5.41, 5.74) is 2.20. The molecular weight excluding hydrogens is 332 g/mol. The number of carbonyl (C=O) groups excluding carboxylic acids is 2. The van der Waals surface area contributed by atoms with Gasteiger partial charge in [-0.25, -0.2) is 4.79 Å². The zero-order valence-electron chi connectivity index (χ0n) is 15.5. The number of benzene rings is 2. The molecule has 0 spiro atoms. The Hall–Kier alpha value is -3.02. The number of hydrogen-bond donors (Lipinski definition) is 1. The molecule has 26 heavy (non-hydrogen) atoms. The van der Waals surface area contributed by atoms with E-state index in [2.05, 4.69) is 5.32 Å². The normalized spacial score (nSPS) is 10.3. The Morgan fingerprint density at radius 1 is 1.00 bits per heavy atom. The van der Waals surface area contributed by atoms with Crippen LogP contribution in [0.3, 0.4) is 0 Å². The minimum Gasteiger partial charge on any atom is -0.484 e. The fourth-order valence-corrected chi connectivity index (χ4v) is 2.16. The molecule has 0 aliphatic heterocycles. The van der Waals surface area contributed by atoms with Gasteiger partial charge in [0.05, 0.1) is 11.7 Å². The van der Waals surface area contributed by atoms with E-state index in [1.165, 1.54) is 0 Å². The summed E-state index contributed by atoms with van der Waals surface area (Å²) >= 11 is 0. The summed E-state index contributed by atoms with van der Waals surface area (Å²) in [5.74, 6) is -0.138. The molecule has 0 aromatic heterocycles. The highest BCUT2D eigenvalue weighted by atomic mass is 16.5. The Bertz CT molecular complexity index is 737. The minimum atomic E-state index is -0.384. The molecule has 1 N–H and O–H groups in total. The third-order valence-corrected chi connectivity index (χ3v) is 3.47. The van der Waals surface area contributed by atoms with Crippen LogP contribution in [0.2, 0.25) is 0 Å². The second-order valence-electron chi connectivity index (χ2n) is 6.26. The summed E-state index contributed by atoms with van der Waals surface area (Å²) in [4.78, 5) is 25.7. The van der Waals surface area contributed by atoms with Gasteiger partial charge in [-0.2, -0.15) is 0 Å². The van der Waals surface area contributed by atoms with Gasteiger partial charge < -0.3 is 19.7 Å². The van der Waals surface area contributed by atoms with Crippen molar-refractivity contribution in [3.63, 3.8) is 0 Å². The van der Waals surface area contributed by atoms with Crippen LogP contribution in [0.25, 0.3) is 0 Å². The summed E-state index contributed by atoms with van der Waals surface area (Å²) in [7, 11) is 3.91. The molecule has 138 valence electrons. The largest absolute Gasteiger partial charge is 0.484 e. The lowest BCUT2D eigenvalue weighted by atomic mass is 10.2. The van der Waals surface area contributed by atoms with Gasteiger partial charge in [-0.15, -0.1) is 0 Å². The van der Waals surface area contributed by atoms with E-state index in [1.807, 2.05) is 43.3 Å². The zero-order chi connectivity index (χ0) is 19.1. The lowest BCUT2D eigenvalue weighted by Gasteiger charge is -2.13. The summed E-state index contributed by atoms with van der Waals surface area (Å²) in [6.45, 7) is 3.47. The van der Waals surface area contributed by atoms with Crippen LogP contribution >= 0.6 is 0 Å². The molecular formula is C20H24N2O4. The topological polar surface area (TPSA) is 67.9 Å². The smallest absolute Gasteiger partial charge is 0.338 e. The highest BCUT2D eigenvalue weighted by Gasteiger charge is 2.10. The molecule has 0 unspecified atom stereocenters. The molecule has 0 saturated heterocycles. The van der Waals surface area contributed by atoms with Gasteiger partial charge in [0.1, 0.15) is 5.75 Å². The van der Waals surface area contributed by atoms with Gasteiger partial charge in [0, 0.05) is 25.5 Å². The van der Waals surface area contributed by atoms with Gasteiger partial charge in [-0.3, -0.25) is 4.79 Å². The first kappa shape index (κ1) is 19.3. The van der Waals surface area contributed by atoms with Crippen molar-refractivity contribution in [3.05, 3.63) is 54.1 Å². The predicted octanol–water partition coefficient (Wildman–Crippen LogP) is 3.34. The SMILES string of the molecule is CC(C)OC(=O)c1ccc(OCC(=O)Nc2ccc(N(C)C)cc2)cc1. The van der Waals surface area contributed by atoms with Crippen LogP contribution in [-0.2, 0) is 9.53 Å². The van der Waals surface area contributed by atoms with E-state index >= 15 is 0 Å². The molecule has 0 fully saturated rings. The second kappa shape index (κ2) is 8.89. The maximum Gasteiger partial charge on any atom is 0.338 e.